The second-order valence-electron chi connectivity index (χ2n) is 7.63. The third-order valence-corrected chi connectivity index (χ3v) is 4.91. The van der Waals surface area contributed by atoms with Crippen molar-refractivity contribution in [2.45, 2.75) is 33.2 Å². The number of carbonyl (C=O) groups excluding carboxylic acids is 2. The summed E-state index contributed by atoms with van der Waals surface area (Å²) in [5.74, 6) is -0.755. The SMILES string of the molecule is COC(=O)C(C)(C)N1c2ccccc2C(c2ccccc2)=CN1C(=O)C(C)C. The van der Waals surface area contributed by atoms with E-state index in [1.54, 1.807) is 23.9 Å². The van der Waals surface area contributed by atoms with Crippen molar-refractivity contribution in [2.24, 2.45) is 5.92 Å². The number of hydrogen-bond donors (Lipinski definition) is 0. The van der Waals surface area contributed by atoms with Crippen LogP contribution in [0.1, 0.15) is 38.8 Å². The third-order valence-electron chi connectivity index (χ3n) is 4.91. The summed E-state index contributed by atoms with van der Waals surface area (Å²) in [4.78, 5) is 25.7. The first-order valence-electron chi connectivity index (χ1n) is 9.37. The molecule has 0 unspecified atom stereocenters. The van der Waals surface area contributed by atoms with Crippen LogP contribution in [0.2, 0.25) is 0 Å². The molecule has 1 aliphatic rings. The fraction of sp³-hybridized carbons (Fsp3) is 0.304. The zero-order chi connectivity index (χ0) is 20.5. The second-order valence-corrected chi connectivity index (χ2v) is 7.63. The third kappa shape index (κ3) is 3.28. The lowest BCUT2D eigenvalue weighted by Gasteiger charge is -2.47. The summed E-state index contributed by atoms with van der Waals surface area (Å²) in [5.41, 5.74) is 2.61. The number of fused-ring (bicyclic) bond motifs is 1. The second kappa shape index (κ2) is 7.50. The Balaban J connectivity index is 2.27. The molecule has 1 amide bonds. The molecule has 0 aromatic heterocycles. The van der Waals surface area contributed by atoms with Gasteiger partial charge in [0.25, 0.3) is 0 Å². The van der Waals surface area contributed by atoms with Gasteiger partial charge in [-0.2, -0.15) is 0 Å². The number of anilines is 1. The van der Waals surface area contributed by atoms with Crippen LogP contribution in [0.5, 0.6) is 0 Å². The van der Waals surface area contributed by atoms with Gasteiger partial charge in [0.15, 0.2) is 5.54 Å². The lowest BCUT2D eigenvalue weighted by atomic mass is 9.93. The number of carbonyl (C=O) groups is 2. The van der Waals surface area contributed by atoms with Crippen molar-refractivity contribution in [3.05, 3.63) is 71.9 Å². The first-order valence-corrected chi connectivity index (χ1v) is 9.37. The number of hydrazine groups is 1. The molecular formula is C23H26N2O3. The summed E-state index contributed by atoms with van der Waals surface area (Å²) < 4.78 is 5.04. The van der Waals surface area contributed by atoms with Gasteiger partial charge in [-0.15, -0.1) is 0 Å². The van der Waals surface area contributed by atoms with E-state index in [0.29, 0.717) is 0 Å². The number of esters is 1. The van der Waals surface area contributed by atoms with E-state index in [1.807, 2.05) is 74.6 Å². The summed E-state index contributed by atoms with van der Waals surface area (Å²) in [6.07, 6.45) is 1.82. The molecule has 2 aromatic rings. The van der Waals surface area contributed by atoms with Gasteiger partial charge in [0.2, 0.25) is 5.91 Å². The van der Waals surface area contributed by atoms with Crippen LogP contribution in [0.15, 0.2) is 60.8 Å². The summed E-state index contributed by atoms with van der Waals surface area (Å²) in [5, 5.41) is 3.30. The molecule has 0 radical (unpaired) electrons. The van der Waals surface area contributed by atoms with Crippen LogP contribution in [-0.2, 0) is 14.3 Å². The Labute approximate surface area is 166 Å². The largest absolute Gasteiger partial charge is 0.467 e. The molecule has 0 spiro atoms. The van der Waals surface area contributed by atoms with Crippen LogP contribution in [0.3, 0.4) is 0 Å². The molecule has 3 rings (SSSR count). The number of para-hydroxylation sites is 1. The average molecular weight is 378 g/mol. The number of methoxy groups -OCH3 is 1. The van der Waals surface area contributed by atoms with Crippen molar-refractivity contribution in [1.82, 2.24) is 5.01 Å². The van der Waals surface area contributed by atoms with Crippen LogP contribution in [0, 0.1) is 5.92 Å². The standard InChI is InChI=1S/C23H26N2O3/c1-16(2)21(26)24-15-19(17-11-7-6-8-12-17)18-13-9-10-14-20(18)25(24)23(3,4)22(27)28-5/h6-16H,1-5H3. The van der Waals surface area contributed by atoms with Gasteiger partial charge in [-0.3, -0.25) is 9.80 Å². The van der Waals surface area contributed by atoms with Crippen molar-refractivity contribution < 1.29 is 14.3 Å². The lowest BCUT2D eigenvalue weighted by Crippen LogP contribution is -2.61. The molecule has 2 aromatic carbocycles. The molecular weight excluding hydrogens is 352 g/mol. The van der Waals surface area contributed by atoms with Crippen molar-refractivity contribution in [3.8, 4) is 0 Å². The van der Waals surface area contributed by atoms with Gasteiger partial charge in [-0.1, -0.05) is 62.4 Å². The van der Waals surface area contributed by atoms with E-state index >= 15 is 0 Å². The van der Waals surface area contributed by atoms with Crippen LogP contribution in [0.4, 0.5) is 5.69 Å². The highest BCUT2D eigenvalue weighted by Crippen LogP contribution is 2.41. The quantitative estimate of drug-likeness (QED) is 0.747. The molecule has 5 heteroatoms. The van der Waals surface area contributed by atoms with Crippen LogP contribution in [0.25, 0.3) is 5.57 Å². The van der Waals surface area contributed by atoms with E-state index in [2.05, 4.69) is 0 Å². The first kappa shape index (κ1) is 19.7. The predicted molar refractivity (Wildman–Crippen MR) is 110 cm³/mol. The maximum Gasteiger partial charge on any atom is 0.333 e. The zero-order valence-electron chi connectivity index (χ0n) is 17.0. The molecule has 0 aliphatic carbocycles. The minimum Gasteiger partial charge on any atom is -0.467 e. The van der Waals surface area contributed by atoms with Crippen molar-refractivity contribution in [3.63, 3.8) is 0 Å². The molecule has 0 saturated carbocycles. The van der Waals surface area contributed by atoms with Gasteiger partial charge in [-0.05, 0) is 25.5 Å². The predicted octanol–water partition coefficient (Wildman–Crippen LogP) is 4.25. The average Bonchev–Trinajstić information content (AvgIpc) is 2.71. The molecule has 146 valence electrons. The maximum atomic E-state index is 13.1. The fourth-order valence-electron chi connectivity index (χ4n) is 3.43. The highest BCUT2D eigenvalue weighted by atomic mass is 16.5. The Morgan fingerprint density at radius 3 is 2.18 bits per heavy atom. The van der Waals surface area contributed by atoms with Crippen LogP contribution < -0.4 is 5.01 Å². The van der Waals surface area contributed by atoms with Gasteiger partial charge >= 0.3 is 5.97 Å². The topological polar surface area (TPSA) is 49.9 Å². The highest BCUT2D eigenvalue weighted by molar-refractivity contribution is 5.96. The van der Waals surface area contributed by atoms with E-state index in [9.17, 15) is 9.59 Å². The molecule has 0 N–H and O–H groups in total. The van der Waals surface area contributed by atoms with Crippen molar-refractivity contribution in [1.29, 1.82) is 0 Å². The van der Waals surface area contributed by atoms with E-state index < -0.39 is 11.5 Å². The highest BCUT2D eigenvalue weighted by Gasteiger charge is 2.44. The molecule has 0 bridgehead atoms. The summed E-state index contributed by atoms with van der Waals surface area (Å²) in [6, 6.07) is 17.7. The Morgan fingerprint density at radius 2 is 1.57 bits per heavy atom. The molecule has 5 nitrogen and oxygen atoms in total. The summed E-state index contributed by atoms with van der Waals surface area (Å²) >= 11 is 0. The number of ether oxygens (including phenoxy) is 1. The lowest BCUT2D eigenvalue weighted by molar-refractivity contribution is -0.148. The van der Waals surface area contributed by atoms with Gasteiger partial charge in [0.1, 0.15) is 0 Å². The summed E-state index contributed by atoms with van der Waals surface area (Å²) in [7, 11) is 1.36. The fourth-order valence-corrected chi connectivity index (χ4v) is 3.43. The molecule has 1 heterocycles. The van der Waals surface area contributed by atoms with Crippen molar-refractivity contribution >= 4 is 23.1 Å². The van der Waals surface area contributed by atoms with E-state index in [-0.39, 0.29) is 11.8 Å². The first-order chi connectivity index (χ1) is 13.3. The number of amides is 1. The van der Waals surface area contributed by atoms with Crippen LogP contribution >= 0.6 is 0 Å². The van der Waals surface area contributed by atoms with E-state index in [4.69, 9.17) is 4.74 Å². The molecule has 1 aliphatic heterocycles. The summed E-state index contributed by atoms with van der Waals surface area (Å²) in [6.45, 7) is 7.22. The van der Waals surface area contributed by atoms with Gasteiger partial charge in [-0.25, -0.2) is 9.80 Å². The van der Waals surface area contributed by atoms with Crippen molar-refractivity contribution in [2.75, 3.05) is 12.1 Å². The molecule has 0 atom stereocenters. The van der Waals surface area contributed by atoms with Gasteiger partial charge < -0.3 is 4.74 Å². The molecule has 0 fully saturated rings. The van der Waals surface area contributed by atoms with E-state index in [1.165, 1.54) is 7.11 Å². The molecule has 0 saturated heterocycles. The number of rotatable bonds is 4. The van der Waals surface area contributed by atoms with Crippen LogP contribution in [-0.4, -0.2) is 29.5 Å². The number of hydrogen-bond acceptors (Lipinski definition) is 4. The van der Waals surface area contributed by atoms with Gasteiger partial charge in [0.05, 0.1) is 12.8 Å². The monoisotopic (exact) mass is 378 g/mol. The Bertz CT molecular complexity index is 916. The minimum absolute atomic E-state index is 0.0973. The minimum atomic E-state index is -1.08. The normalized spacial score (nSPS) is 13.9. The maximum absolute atomic E-state index is 13.1. The zero-order valence-corrected chi connectivity index (χ0v) is 17.0. The smallest absolute Gasteiger partial charge is 0.333 e. The van der Waals surface area contributed by atoms with E-state index in [0.717, 1.165) is 22.4 Å². The molecule has 28 heavy (non-hydrogen) atoms. The Kier molecular flexibility index (Phi) is 5.27. The Morgan fingerprint density at radius 1 is 0.964 bits per heavy atom. The number of benzene rings is 2. The van der Waals surface area contributed by atoms with Gasteiger partial charge in [0, 0.05) is 23.3 Å². The number of nitrogens with zero attached hydrogens (tertiary/aromatic N) is 2. The Hall–Kier alpha value is -3.08.